The first-order chi connectivity index (χ1) is 5.89. The molecule has 0 saturated heterocycles. The van der Waals surface area contributed by atoms with Crippen molar-refractivity contribution in [1.82, 2.24) is 0 Å². The van der Waals surface area contributed by atoms with E-state index in [1.165, 1.54) is 14.2 Å². The lowest BCUT2D eigenvalue weighted by molar-refractivity contribution is 0.140. The second kappa shape index (κ2) is 5.33. The molecular weight excluding hydrogens is 223 g/mol. The molecule has 0 saturated carbocycles. The van der Waals surface area contributed by atoms with Crippen molar-refractivity contribution in [2.75, 3.05) is 20.4 Å². The second-order valence-electron chi connectivity index (χ2n) is 3.87. The van der Waals surface area contributed by atoms with Gasteiger partial charge in [0.1, 0.15) is 0 Å². The van der Waals surface area contributed by atoms with Crippen LogP contribution >= 0.6 is 8.01 Å². The van der Waals surface area contributed by atoms with Crippen LogP contribution in [0.5, 0.6) is 0 Å². The zero-order valence-electron chi connectivity index (χ0n) is 8.79. The zero-order valence-corrected chi connectivity index (χ0v) is 11.7. The quantitative estimate of drug-likeness (QED) is 0.525. The van der Waals surface area contributed by atoms with Gasteiger partial charge in [-0.05, 0) is 0 Å². The van der Waals surface area contributed by atoms with Crippen molar-refractivity contribution in [2.45, 2.75) is 19.6 Å². The van der Waals surface area contributed by atoms with Gasteiger partial charge in [-0.3, -0.25) is 4.57 Å². The molecule has 0 bridgehead atoms. The molecule has 0 heterocycles. The Bertz CT molecular complexity index is 167. The monoisotopic (exact) mass is 240 g/mol. The van der Waals surface area contributed by atoms with Gasteiger partial charge in [0, 0.05) is 20.4 Å². The van der Waals surface area contributed by atoms with E-state index >= 15 is 0 Å². The number of hydrogen-bond donors (Lipinski definition) is 0. The van der Waals surface area contributed by atoms with Gasteiger partial charge in [0.25, 0.3) is 0 Å². The Morgan fingerprint density at radius 3 is 1.85 bits per heavy atom. The molecule has 0 N–H and O–H groups in total. The predicted octanol–water partition coefficient (Wildman–Crippen LogP) is 1.90. The van der Waals surface area contributed by atoms with Crippen molar-refractivity contribution in [1.29, 1.82) is 0 Å². The summed E-state index contributed by atoms with van der Waals surface area (Å²) in [6.45, 7) is 6.50. The summed E-state index contributed by atoms with van der Waals surface area (Å²) in [6.07, 6.45) is 0.607. The third kappa shape index (κ3) is 5.00. The molecule has 7 heteroatoms. The van der Waals surface area contributed by atoms with Crippen molar-refractivity contribution in [3.05, 3.63) is 0 Å². The molecule has 0 aromatic heterocycles. The normalized spacial score (nSPS) is 13.6. The standard InChI is InChI=1S/C6H17O4PSi2/c1-8-13(9-2,11-7)10-6-12(3,4)5/h6H2,1-5H3. The molecule has 0 aromatic carbocycles. The van der Waals surface area contributed by atoms with Gasteiger partial charge in [0.05, 0.1) is 8.07 Å². The lowest BCUT2D eigenvalue weighted by atomic mass is 11.7. The van der Waals surface area contributed by atoms with Crippen molar-refractivity contribution < 1.29 is 17.8 Å². The minimum atomic E-state index is -2.88. The molecule has 0 aromatic rings. The Labute approximate surface area is 83.0 Å². The van der Waals surface area contributed by atoms with Crippen molar-refractivity contribution in [3.63, 3.8) is 0 Å². The van der Waals surface area contributed by atoms with Gasteiger partial charge in [-0.25, -0.2) is 0 Å². The fourth-order valence-corrected chi connectivity index (χ4v) is 4.86. The smallest absolute Gasteiger partial charge is 0.369 e. The Hall–Kier alpha value is 0.414. The van der Waals surface area contributed by atoms with Crippen molar-refractivity contribution in [2.24, 2.45) is 0 Å². The van der Waals surface area contributed by atoms with Gasteiger partial charge in [0.15, 0.2) is 0 Å². The molecule has 4 nitrogen and oxygen atoms in total. The van der Waals surface area contributed by atoms with Crippen molar-refractivity contribution in [3.8, 4) is 0 Å². The minimum Gasteiger partial charge on any atom is -0.369 e. The maximum Gasteiger partial charge on any atom is 0.603 e. The summed E-state index contributed by atoms with van der Waals surface area (Å²) < 4.78 is 26.3. The van der Waals surface area contributed by atoms with Crippen LogP contribution in [0.4, 0.5) is 0 Å². The highest BCUT2D eigenvalue weighted by Crippen LogP contribution is 2.21. The van der Waals surface area contributed by atoms with Crippen molar-refractivity contribution >= 4 is 24.6 Å². The summed E-state index contributed by atoms with van der Waals surface area (Å²) in [5.41, 5.74) is 0. The van der Waals surface area contributed by atoms with Crippen LogP contribution in [0.2, 0.25) is 19.6 Å². The molecule has 13 heavy (non-hydrogen) atoms. The molecular formula is C6H17O4PSi2. The summed E-state index contributed by atoms with van der Waals surface area (Å²) in [6, 6.07) is 0. The van der Waals surface area contributed by atoms with E-state index in [4.69, 9.17) is 13.3 Å². The minimum absolute atomic E-state index is 0.174. The molecule has 0 rings (SSSR count). The Morgan fingerprint density at radius 1 is 1.15 bits per heavy atom. The molecule has 0 aliphatic carbocycles. The van der Waals surface area contributed by atoms with Crippen LogP contribution in [0.25, 0.3) is 0 Å². The lowest BCUT2D eigenvalue weighted by Gasteiger charge is -2.23. The third-order valence-electron chi connectivity index (χ3n) is 1.32. The molecule has 0 unspecified atom stereocenters. The van der Waals surface area contributed by atoms with E-state index in [1.54, 1.807) is 0 Å². The Kier molecular flexibility index (Phi) is 5.50. The molecule has 0 amide bonds. The van der Waals surface area contributed by atoms with E-state index in [2.05, 4.69) is 19.6 Å². The average Bonchev–Trinajstić information content (AvgIpc) is 2.06. The van der Waals surface area contributed by atoms with E-state index in [-0.39, 0.29) is 8.01 Å². The first kappa shape index (κ1) is 13.4. The van der Waals surface area contributed by atoms with Gasteiger partial charge in [0.2, 0.25) is 8.01 Å². The van der Waals surface area contributed by atoms with E-state index in [9.17, 15) is 4.57 Å². The van der Waals surface area contributed by atoms with Crippen LogP contribution in [-0.2, 0) is 17.8 Å². The average molecular weight is 240 g/mol. The highest BCUT2D eigenvalue weighted by atomic mass is 31.3. The third-order valence-corrected chi connectivity index (χ3v) is 6.53. The molecule has 78 valence electrons. The molecule has 0 spiro atoms. The SMILES string of the molecule is CO[Si](OC)(OC[Si](C)(C)C)P=O. The maximum atomic E-state index is 10.8. The van der Waals surface area contributed by atoms with Gasteiger partial charge in [-0.15, -0.1) is 0 Å². The summed E-state index contributed by atoms with van der Waals surface area (Å²) >= 11 is 0. The topological polar surface area (TPSA) is 44.8 Å². The van der Waals surface area contributed by atoms with Gasteiger partial charge < -0.3 is 13.3 Å². The van der Waals surface area contributed by atoms with E-state index < -0.39 is 16.5 Å². The molecule has 0 fully saturated rings. The summed E-state index contributed by atoms with van der Waals surface area (Å²) in [5.74, 6) is 0. The number of hydrogen-bond acceptors (Lipinski definition) is 4. The maximum absolute atomic E-state index is 10.8. The first-order valence-electron chi connectivity index (χ1n) is 3.98. The Morgan fingerprint density at radius 2 is 1.62 bits per heavy atom. The van der Waals surface area contributed by atoms with Crippen LogP contribution in [0.15, 0.2) is 0 Å². The van der Waals surface area contributed by atoms with Crippen LogP contribution in [-0.4, -0.2) is 37.0 Å². The number of rotatable bonds is 6. The highest BCUT2D eigenvalue weighted by Gasteiger charge is 2.42. The first-order valence-corrected chi connectivity index (χ1v) is 11.1. The van der Waals surface area contributed by atoms with Crippen LogP contribution < -0.4 is 0 Å². The van der Waals surface area contributed by atoms with Crippen LogP contribution in [0.1, 0.15) is 0 Å². The molecule has 0 atom stereocenters. The molecule has 0 aliphatic rings. The zero-order chi connectivity index (χ0) is 10.5. The lowest BCUT2D eigenvalue weighted by Crippen LogP contribution is -2.43. The molecule has 0 aliphatic heterocycles. The summed E-state index contributed by atoms with van der Waals surface area (Å²) in [7, 11) is -1.43. The van der Waals surface area contributed by atoms with E-state index in [0.29, 0.717) is 6.23 Å². The van der Waals surface area contributed by atoms with Crippen LogP contribution in [0, 0.1) is 0 Å². The molecule has 0 radical (unpaired) electrons. The largest absolute Gasteiger partial charge is 0.603 e. The highest BCUT2D eigenvalue weighted by molar-refractivity contribution is 7.68. The van der Waals surface area contributed by atoms with Gasteiger partial charge in [-0.1, -0.05) is 19.6 Å². The van der Waals surface area contributed by atoms with E-state index in [1.807, 2.05) is 0 Å². The predicted molar refractivity (Wildman–Crippen MR) is 56.7 cm³/mol. The Balaban J connectivity index is 4.19. The van der Waals surface area contributed by atoms with Gasteiger partial charge in [-0.2, -0.15) is 0 Å². The van der Waals surface area contributed by atoms with Crippen LogP contribution in [0.3, 0.4) is 0 Å². The fourth-order valence-electron chi connectivity index (χ4n) is 0.610. The fraction of sp³-hybridized carbons (Fsp3) is 1.00. The van der Waals surface area contributed by atoms with E-state index in [0.717, 1.165) is 0 Å². The summed E-state index contributed by atoms with van der Waals surface area (Å²) in [5, 5.41) is 0. The van der Waals surface area contributed by atoms with Gasteiger partial charge >= 0.3 is 8.47 Å². The second-order valence-corrected chi connectivity index (χ2v) is 13.8. The summed E-state index contributed by atoms with van der Waals surface area (Å²) in [4.78, 5) is 0.